The van der Waals surface area contributed by atoms with Crippen LogP contribution in [-0.2, 0) is 0 Å². The minimum absolute atomic E-state index is 0.0140. The Morgan fingerprint density at radius 3 is 1.60 bits per heavy atom. The molecule has 2 unspecified atom stereocenters. The second-order valence-electron chi connectivity index (χ2n) is 7.36. The van der Waals surface area contributed by atoms with Crippen molar-refractivity contribution in [2.24, 2.45) is 11.8 Å². The molecule has 4 rings (SSSR count). The van der Waals surface area contributed by atoms with E-state index in [0.717, 1.165) is 6.42 Å². The number of aromatic nitrogens is 2. The molecular formula is C23H20N4O3. The summed E-state index contributed by atoms with van der Waals surface area (Å²) in [6.45, 7) is 2.03. The number of nitrogens with one attached hydrogen (secondary N) is 2. The fourth-order valence-corrected chi connectivity index (χ4v) is 3.23. The molecule has 2 heterocycles. The van der Waals surface area contributed by atoms with Gasteiger partial charge in [-0.15, -0.1) is 0 Å². The minimum Gasteiger partial charge on any atom is -0.322 e. The van der Waals surface area contributed by atoms with E-state index in [4.69, 9.17) is 0 Å². The fourth-order valence-electron chi connectivity index (χ4n) is 3.23. The number of hydrogen-bond donors (Lipinski definition) is 2. The van der Waals surface area contributed by atoms with Crippen molar-refractivity contribution in [3.63, 3.8) is 0 Å². The maximum Gasteiger partial charge on any atom is 0.255 e. The summed E-state index contributed by atoms with van der Waals surface area (Å²) in [5.41, 5.74) is 2.21. The summed E-state index contributed by atoms with van der Waals surface area (Å²) in [6, 6.07) is 11.3. The van der Waals surface area contributed by atoms with Crippen molar-refractivity contribution < 1.29 is 14.4 Å². The predicted octanol–water partition coefficient (Wildman–Crippen LogP) is 3.82. The van der Waals surface area contributed by atoms with Gasteiger partial charge in [0.25, 0.3) is 11.8 Å². The summed E-state index contributed by atoms with van der Waals surface area (Å²) in [5.74, 6) is -0.300. The molecule has 1 aromatic carbocycles. The minimum atomic E-state index is -0.326. The first-order valence-corrected chi connectivity index (χ1v) is 9.63. The number of nitrogens with zero attached hydrogens (tertiary/aromatic N) is 2. The van der Waals surface area contributed by atoms with Crippen molar-refractivity contribution in [3.05, 3.63) is 83.9 Å². The Morgan fingerprint density at radius 1 is 0.767 bits per heavy atom. The van der Waals surface area contributed by atoms with Gasteiger partial charge in [0.1, 0.15) is 0 Å². The van der Waals surface area contributed by atoms with E-state index in [2.05, 4.69) is 20.6 Å². The average Bonchev–Trinajstić information content (AvgIpc) is 3.50. The molecule has 2 N–H and O–H groups in total. The summed E-state index contributed by atoms with van der Waals surface area (Å²) in [7, 11) is 0. The molecule has 1 aliphatic carbocycles. The van der Waals surface area contributed by atoms with Crippen LogP contribution in [0.25, 0.3) is 0 Å². The smallest absolute Gasteiger partial charge is 0.255 e. The number of carbonyl (C=O) groups is 3. The lowest BCUT2D eigenvalue weighted by Gasteiger charge is -2.12. The maximum absolute atomic E-state index is 12.8. The second kappa shape index (κ2) is 8.24. The van der Waals surface area contributed by atoms with E-state index >= 15 is 0 Å². The van der Waals surface area contributed by atoms with Crippen LogP contribution >= 0.6 is 0 Å². The van der Waals surface area contributed by atoms with Gasteiger partial charge < -0.3 is 10.6 Å². The van der Waals surface area contributed by atoms with Crippen LogP contribution in [-0.4, -0.2) is 27.6 Å². The molecule has 7 heteroatoms. The summed E-state index contributed by atoms with van der Waals surface area (Å²) >= 11 is 0. The van der Waals surface area contributed by atoms with Gasteiger partial charge in [0.05, 0.1) is 0 Å². The molecule has 150 valence electrons. The first-order valence-electron chi connectivity index (χ1n) is 9.63. The van der Waals surface area contributed by atoms with Gasteiger partial charge in [-0.1, -0.05) is 6.92 Å². The van der Waals surface area contributed by atoms with Crippen LogP contribution in [0.1, 0.15) is 44.4 Å². The molecule has 0 aliphatic heterocycles. The normalized spacial score (nSPS) is 17.1. The third-order valence-electron chi connectivity index (χ3n) is 5.06. The Hall–Kier alpha value is -3.87. The Balaban J connectivity index is 1.61. The lowest BCUT2D eigenvalue weighted by molar-refractivity contribution is 0.0959. The van der Waals surface area contributed by atoms with E-state index in [0.29, 0.717) is 34.0 Å². The van der Waals surface area contributed by atoms with E-state index < -0.39 is 0 Å². The third-order valence-corrected chi connectivity index (χ3v) is 5.06. The van der Waals surface area contributed by atoms with Gasteiger partial charge in [-0.05, 0) is 54.8 Å². The van der Waals surface area contributed by atoms with E-state index in [1.165, 1.54) is 24.8 Å². The van der Waals surface area contributed by atoms with Gasteiger partial charge in [0.2, 0.25) is 0 Å². The Morgan fingerprint density at radius 2 is 1.20 bits per heavy atom. The van der Waals surface area contributed by atoms with Crippen LogP contribution < -0.4 is 10.6 Å². The van der Waals surface area contributed by atoms with E-state index in [9.17, 15) is 14.4 Å². The van der Waals surface area contributed by atoms with Crippen LogP contribution in [0.15, 0.2) is 67.3 Å². The zero-order valence-corrected chi connectivity index (χ0v) is 16.3. The third kappa shape index (κ3) is 4.41. The molecule has 2 amide bonds. The number of hydrogen-bond acceptors (Lipinski definition) is 5. The van der Waals surface area contributed by atoms with E-state index in [1.807, 2.05) is 6.92 Å². The molecule has 30 heavy (non-hydrogen) atoms. The standard InChI is InChI=1S/C23H20N4O3/c1-14-10-20(14)21(28)17-11-18(26-22(29)15-2-6-24-7-3-15)13-19(12-17)27-23(30)16-4-8-25-9-5-16/h2-9,11-14,20H,10H2,1H3,(H,26,29)(H,27,30). The highest BCUT2D eigenvalue weighted by Gasteiger charge is 2.39. The Kier molecular flexibility index (Phi) is 5.34. The largest absolute Gasteiger partial charge is 0.322 e. The molecule has 0 radical (unpaired) electrons. The lowest BCUT2D eigenvalue weighted by Crippen LogP contribution is -2.15. The van der Waals surface area contributed by atoms with Crippen LogP contribution in [0.4, 0.5) is 11.4 Å². The Labute approximate surface area is 173 Å². The molecule has 1 saturated carbocycles. The first kappa shape index (κ1) is 19.4. The maximum atomic E-state index is 12.8. The topological polar surface area (TPSA) is 101 Å². The number of benzene rings is 1. The molecule has 1 fully saturated rings. The summed E-state index contributed by atoms with van der Waals surface area (Å²) in [4.78, 5) is 45.7. The van der Waals surface area contributed by atoms with Crippen molar-refractivity contribution in [1.82, 2.24) is 9.97 Å². The van der Waals surface area contributed by atoms with Crippen molar-refractivity contribution in [2.45, 2.75) is 13.3 Å². The van der Waals surface area contributed by atoms with Crippen LogP contribution in [0.5, 0.6) is 0 Å². The average molecular weight is 400 g/mol. The summed E-state index contributed by atoms with van der Waals surface area (Å²) in [6.07, 6.45) is 6.98. The van der Waals surface area contributed by atoms with E-state index in [-0.39, 0.29) is 23.5 Å². The highest BCUT2D eigenvalue weighted by Crippen LogP contribution is 2.41. The summed E-state index contributed by atoms with van der Waals surface area (Å²) in [5, 5.41) is 5.59. The van der Waals surface area contributed by atoms with Gasteiger partial charge in [-0.3, -0.25) is 24.4 Å². The quantitative estimate of drug-likeness (QED) is 0.613. The number of anilines is 2. The van der Waals surface area contributed by atoms with Crippen LogP contribution in [0.3, 0.4) is 0 Å². The number of Topliss-reactive ketones (excluding diaryl/α,β-unsaturated/α-hetero) is 1. The van der Waals surface area contributed by atoms with Crippen LogP contribution in [0, 0.1) is 11.8 Å². The molecular weight excluding hydrogens is 380 g/mol. The SMILES string of the molecule is CC1CC1C(=O)c1cc(NC(=O)c2ccncc2)cc(NC(=O)c2ccncc2)c1. The highest BCUT2D eigenvalue weighted by molar-refractivity contribution is 6.08. The molecule has 0 bridgehead atoms. The van der Waals surface area contributed by atoms with Crippen molar-refractivity contribution in [2.75, 3.05) is 10.6 Å². The van der Waals surface area contributed by atoms with Gasteiger partial charge in [0.15, 0.2) is 5.78 Å². The molecule has 0 saturated heterocycles. The van der Waals surface area contributed by atoms with Gasteiger partial charge in [-0.25, -0.2) is 0 Å². The molecule has 3 aromatic rings. The number of ketones is 1. The zero-order valence-electron chi connectivity index (χ0n) is 16.3. The molecule has 2 aromatic heterocycles. The monoisotopic (exact) mass is 400 g/mol. The van der Waals surface area contributed by atoms with Gasteiger partial charge >= 0.3 is 0 Å². The van der Waals surface area contributed by atoms with Gasteiger partial charge in [0, 0.05) is 58.8 Å². The van der Waals surface area contributed by atoms with Crippen LogP contribution in [0.2, 0.25) is 0 Å². The first-order chi connectivity index (χ1) is 14.5. The lowest BCUT2D eigenvalue weighted by atomic mass is 10.0. The highest BCUT2D eigenvalue weighted by atomic mass is 16.2. The Bertz CT molecular complexity index is 1030. The number of amides is 2. The van der Waals surface area contributed by atoms with Crippen molar-refractivity contribution in [3.8, 4) is 0 Å². The summed E-state index contributed by atoms with van der Waals surface area (Å²) < 4.78 is 0. The van der Waals surface area contributed by atoms with Gasteiger partial charge in [-0.2, -0.15) is 0 Å². The fraction of sp³-hybridized carbons (Fsp3) is 0.174. The van der Waals surface area contributed by atoms with Crippen molar-refractivity contribution >= 4 is 29.0 Å². The van der Waals surface area contributed by atoms with E-state index in [1.54, 1.807) is 42.5 Å². The number of carbonyl (C=O) groups excluding carboxylic acids is 3. The molecule has 7 nitrogen and oxygen atoms in total. The second-order valence-corrected chi connectivity index (χ2v) is 7.36. The molecule has 2 atom stereocenters. The molecule has 0 spiro atoms. The number of rotatable bonds is 6. The number of pyridine rings is 2. The van der Waals surface area contributed by atoms with Crippen molar-refractivity contribution in [1.29, 1.82) is 0 Å². The zero-order chi connectivity index (χ0) is 21.1. The molecule has 1 aliphatic rings. The predicted molar refractivity (Wildman–Crippen MR) is 112 cm³/mol.